The van der Waals surface area contributed by atoms with Crippen LogP contribution in [0.15, 0.2) is 17.7 Å². The molecule has 0 unspecified atom stereocenters. The second-order valence-corrected chi connectivity index (χ2v) is 8.03. The first-order valence-corrected chi connectivity index (χ1v) is 8.56. The number of hydrogen-bond acceptors (Lipinski definition) is 2. The molecule has 2 rings (SSSR count). The van der Waals surface area contributed by atoms with Crippen LogP contribution in [0.2, 0.25) is 0 Å². The molecule has 3 atom stereocenters. The molecule has 1 N–H and O–H groups in total. The summed E-state index contributed by atoms with van der Waals surface area (Å²) in [7, 11) is 0. The summed E-state index contributed by atoms with van der Waals surface area (Å²) in [5, 5.41) is 7.63. The van der Waals surface area contributed by atoms with Gasteiger partial charge in [-0.05, 0) is 51.0 Å². The number of aromatic nitrogens is 2. The predicted octanol–water partition coefficient (Wildman–Crippen LogP) is 3.49. The number of carbonyl (C=O) groups is 1. The summed E-state index contributed by atoms with van der Waals surface area (Å²) in [6, 6.07) is 2.09. The fourth-order valence-corrected chi connectivity index (χ4v) is 3.45. The van der Waals surface area contributed by atoms with Crippen LogP contribution in [-0.2, 0) is 11.3 Å². The van der Waals surface area contributed by atoms with Crippen molar-refractivity contribution in [2.24, 2.45) is 23.2 Å². The first-order chi connectivity index (χ1) is 10.6. The molecule has 1 aromatic heterocycles. The van der Waals surface area contributed by atoms with E-state index in [4.69, 9.17) is 0 Å². The van der Waals surface area contributed by atoms with Crippen LogP contribution in [-0.4, -0.2) is 22.2 Å². The Labute approximate surface area is 140 Å². The van der Waals surface area contributed by atoms with Crippen LogP contribution in [0.4, 0.5) is 0 Å². The Hall–Kier alpha value is -1.58. The van der Waals surface area contributed by atoms with Gasteiger partial charge in [-0.15, -0.1) is 0 Å². The molecule has 0 spiro atoms. The highest BCUT2D eigenvalue weighted by Gasteiger charge is 2.60. The average molecular weight is 317 g/mol. The van der Waals surface area contributed by atoms with E-state index in [1.54, 1.807) is 0 Å². The van der Waals surface area contributed by atoms with Crippen LogP contribution >= 0.6 is 0 Å². The van der Waals surface area contributed by atoms with Crippen LogP contribution in [0.5, 0.6) is 0 Å². The zero-order valence-corrected chi connectivity index (χ0v) is 15.6. The van der Waals surface area contributed by atoms with Crippen LogP contribution in [0.3, 0.4) is 0 Å². The highest BCUT2D eigenvalue weighted by atomic mass is 16.2. The molecule has 1 aliphatic rings. The minimum absolute atomic E-state index is 0.0836. The van der Waals surface area contributed by atoms with E-state index in [1.165, 1.54) is 11.3 Å². The van der Waals surface area contributed by atoms with E-state index in [-0.39, 0.29) is 17.2 Å². The monoisotopic (exact) mass is 317 g/mol. The van der Waals surface area contributed by atoms with Crippen molar-refractivity contribution in [3.63, 3.8) is 0 Å². The van der Waals surface area contributed by atoms with Gasteiger partial charge in [-0.25, -0.2) is 0 Å². The number of amides is 1. The third-order valence-corrected chi connectivity index (χ3v) is 4.92. The summed E-state index contributed by atoms with van der Waals surface area (Å²) in [4.78, 5) is 12.5. The number of aryl methyl sites for hydroxylation is 2. The van der Waals surface area contributed by atoms with Crippen molar-refractivity contribution in [1.29, 1.82) is 0 Å². The zero-order valence-electron chi connectivity index (χ0n) is 15.6. The van der Waals surface area contributed by atoms with E-state index < -0.39 is 0 Å². The fourth-order valence-electron chi connectivity index (χ4n) is 3.45. The second kappa shape index (κ2) is 6.50. The zero-order chi connectivity index (χ0) is 17.4. The molecule has 0 radical (unpaired) electrons. The molecular weight excluding hydrogens is 286 g/mol. The van der Waals surface area contributed by atoms with Gasteiger partial charge in [-0.3, -0.25) is 9.48 Å². The summed E-state index contributed by atoms with van der Waals surface area (Å²) >= 11 is 0. The topological polar surface area (TPSA) is 46.9 Å². The highest BCUT2D eigenvalue weighted by Crippen LogP contribution is 2.59. The fraction of sp³-hybridized carbons (Fsp3) is 0.684. The lowest BCUT2D eigenvalue weighted by Crippen LogP contribution is -2.32. The van der Waals surface area contributed by atoms with E-state index >= 15 is 0 Å². The van der Waals surface area contributed by atoms with Gasteiger partial charge in [0.05, 0.1) is 11.6 Å². The second-order valence-electron chi connectivity index (χ2n) is 8.03. The minimum atomic E-state index is 0.0836. The molecule has 0 bridgehead atoms. The van der Waals surface area contributed by atoms with Gasteiger partial charge in [0.1, 0.15) is 0 Å². The van der Waals surface area contributed by atoms with Gasteiger partial charge >= 0.3 is 0 Å². The van der Waals surface area contributed by atoms with Crippen LogP contribution in [0.1, 0.15) is 46.0 Å². The SMILES string of the molecule is CC(C)=C[C@@H]1[C@H](C(=O)NC[C@@H](C)Cn2nc(C)cc2C)C1(C)C. The lowest BCUT2D eigenvalue weighted by molar-refractivity contribution is -0.123. The molecule has 0 aliphatic heterocycles. The minimum Gasteiger partial charge on any atom is -0.355 e. The van der Waals surface area contributed by atoms with Crippen LogP contribution in [0, 0.1) is 37.0 Å². The van der Waals surface area contributed by atoms with E-state index in [0.29, 0.717) is 18.4 Å². The Balaban J connectivity index is 1.85. The maximum Gasteiger partial charge on any atom is 0.224 e. The molecule has 1 aromatic rings. The van der Waals surface area contributed by atoms with Crippen molar-refractivity contribution in [3.8, 4) is 0 Å². The van der Waals surface area contributed by atoms with E-state index in [1.807, 2.05) is 11.6 Å². The van der Waals surface area contributed by atoms with Gasteiger partial charge in [0.25, 0.3) is 0 Å². The van der Waals surface area contributed by atoms with Gasteiger partial charge < -0.3 is 5.32 Å². The quantitative estimate of drug-likeness (QED) is 0.816. The smallest absolute Gasteiger partial charge is 0.224 e. The number of carbonyl (C=O) groups excluding carboxylic acids is 1. The first kappa shape index (κ1) is 17.8. The summed E-state index contributed by atoms with van der Waals surface area (Å²) in [6.07, 6.45) is 2.24. The van der Waals surface area contributed by atoms with Gasteiger partial charge in [0, 0.05) is 18.8 Å². The molecule has 0 saturated heterocycles. The van der Waals surface area contributed by atoms with Crippen LogP contribution in [0.25, 0.3) is 0 Å². The maximum atomic E-state index is 12.5. The number of rotatable bonds is 6. The molecule has 1 heterocycles. The standard InChI is InChI=1S/C19H31N3O/c1-12(2)8-16-17(19(16,6)7)18(23)20-10-13(3)11-22-15(5)9-14(4)21-22/h8-9,13,16-17H,10-11H2,1-7H3,(H,20,23)/t13-,16-,17-/m1/s1. The Morgan fingerprint density at radius 1 is 1.43 bits per heavy atom. The molecule has 128 valence electrons. The van der Waals surface area contributed by atoms with Gasteiger partial charge in [-0.2, -0.15) is 5.10 Å². The Kier molecular flexibility index (Phi) is 5.02. The van der Waals surface area contributed by atoms with Crippen molar-refractivity contribution in [2.45, 2.75) is 55.0 Å². The first-order valence-electron chi connectivity index (χ1n) is 8.56. The van der Waals surface area contributed by atoms with Crippen molar-refractivity contribution in [1.82, 2.24) is 15.1 Å². The molecule has 1 saturated carbocycles. The molecule has 1 amide bonds. The molecular formula is C19H31N3O. The van der Waals surface area contributed by atoms with Gasteiger partial charge in [0.15, 0.2) is 0 Å². The highest BCUT2D eigenvalue weighted by molar-refractivity contribution is 5.83. The summed E-state index contributed by atoms with van der Waals surface area (Å²) in [6.45, 7) is 16.3. The van der Waals surface area contributed by atoms with Crippen molar-refractivity contribution < 1.29 is 4.79 Å². The summed E-state index contributed by atoms with van der Waals surface area (Å²) in [5.41, 5.74) is 3.59. The number of hydrogen-bond donors (Lipinski definition) is 1. The third-order valence-electron chi connectivity index (χ3n) is 4.92. The van der Waals surface area contributed by atoms with Crippen molar-refractivity contribution in [2.75, 3.05) is 6.54 Å². The normalized spacial score (nSPS) is 23.3. The van der Waals surface area contributed by atoms with Gasteiger partial charge in [-0.1, -0.05) is 32.4 Å². The Morgan fingerprint density at radius 3 is 2.61 bits per heavy atom. The van der Waals surface area contributed by atoms with Crippen molar-refractivity contribution in [3.05, 3.63) is 29.1 Å². The molecule has 4 nitrogen and oxygen atoms in total. The van der Waals surface area contributed by atoms with Gasteiger partial charge in [0.2, 0.25) is 5.91 Å². The molecule has 4 heteroatoms. The average Bonchev–Trinajstić information content (AvgIpc) is 2.78. The number of allylic oxidation sites excluding steroid dienone is 2. The lowest BCUT2D eigenvalue weighted by Gasteiger charge is -2.14. The molecule has 23 heavy (non-hydrogen) atoms. The number of nitrogens with zero attached hydrogens (tertiary/aromatic N) is 2. The predicted molar refractivity (Wildman–Crippen MR) is 94.1 cm³/mol. The van der Waals surface area contributed by atoms with E-state index in [9.17, 15) is 4.79 Å². The molecule has 1 fully saturated rings. The largest absolute Gasteiger partial charge is 0.355 e. The van der Waals surface area contributed by atoms with Crippen LogP contribution < -0.4 is 5.32 Å². The summed E-state index contributed by atoms with van der Waals surface area (Å²) in [5.74, 6) is 1.04. The summed E-state index contributed by atoms with van der Waals surface area (Å²) < 4.78 is 2.03. The number of nitrogens with one attached hydrogen (secondary N) is 1. The third kappa shape index (κ3) is 4.04. The maximum absolute atomic E-state index is 12.5. The lowest BCUT2D eigenvalue weighted by atomic mass is 10.1. The van der Waals surface area contributed by atoms with Crippen molar-refractivity contribution >= 4 is 5.91 Å². The van der Waals surface area contributed by atoms with E-state index in [2.05, 4.69) is 64.1 Å². The molecule has 0 aromatic carbocycles. The van der Waals surface area contributed by atoms with E-state index in [0.717, 1.165) is 12.2 Å². The molecule has 1 aliphatic carbocycles. The Bertz CT molecular complexity index is 608. The Morgan fingerprint density at radius 2 is 2.09 bits per heavy atom.